The van der Waals surface area contributed by atoms with Crippen LogP contribution >= 0.6 is 0 Å². The lowest BCUT2D eigenvalue weighted by molar-refractivity contribution is -0.123. The van der Waals surface area contributed by atoms with Gasteiger partial charge in [0.2, 0.25) is 17.6 Å². The molecule has 0 bridgehead atoms. The Morgan fingerprint density at radius 3 is 2.73 bits per heavy atom. The van der Waals surface area contributed by atoms with Crippen LogP contribution in [-0.2, 0) is 11.3 Å². The molecule has 0 unspecified atom stereocenters. The van der Waals surface area contributed by atoms with Crippen LogP contribution in [0.3, 0.4) is 0 Å². The molecule has 0 spiro atoms. The lowest BCUT2D eigenvalue weighted by Crippen LogP contribution is -2.43. The molecular weight excluding hydrogens is 332 g/mol. The van der Waals surface area contributed by atoms with Gasteiger partial charge in [-0.25, -0.2) is 4.98 Å². The molecule has 0 radical (unpaired) electrons. The number of nitrogens with one attached hydrogen (secondary N) is 1. The highest BCUT2D eigenvalue weighted by Gasteiger charge is 2.18. The molecule has 8 heteroatoms. The van der Waals surface area contributed by atoms with Crippen LogP contribution in [0.1, 0.15) is 39.0 Å². The number of anilines is 1. The maximum Gasteiger partial charge on any atom is 0.246 e. The lowest BCUT2D eigenvalue weighted by Gasteiger charge is -2.27. The maximum absolute atomic E-state index is 11.9. The second-order valence-electron chi connectivity index (χ2n) is 6.95. The fourth-order valence-corrected chi connectivity index (χ4v) is 2.86. The van der Waals surface area contributed by atoms with Crippen LogP contribution in [0.25, 0.3) is 11.4 Å². The van der Waals surface area contributed by atoms with Crippen LogP contribution in [0, 0.1) is 5.92 Å². The topological polar surface area (TPSA) is 110 Å². The second-order valence-corrected chi connectivity index (χ2v) is 6.95. The number of rotatable bonds is 6. The molecule has 26 heavy (non-hydrogen) atoms. The first-order chi connectivity index (χ1) is 12.5. The summed E-state index contributed by atoms with van der Waals surface area (Å²) in [6.45, 7) is 6.06. The normalized spacial score (nSPS) is 15.9. The van der Waals surface area contributed by atoms with Crippen LogP contribution in [-0.4, -0.2) is 40.2 Å². The van der Waals surface area contributed by atoms with Crippen molar-refractivity contribution in [1.82, 2.24) is 20.4 Å². The van der Waals surface area contributed by atoms with Gasteiger partial charge in [0, 0.05) is 24.8 Å². The zero-order chi connectivity index (χ0) is 18.5. The van der Waals surface area contributed by atoms with Gasteiger partial charge in [-0.3, -0.25) is 4.79 Å². The van der Waals surface area contributed by atoms with Crippen LogP contribution < -0.4 is 16.0 Å². The minimum Gasteiger partial charge on any atom is -0.357 e. The Hall–Kier alpha value is -2.48. The Balaban J connectivity index is 1.59. The minimum absolute atomic E-state index is 0.0674. The fraction of sp³-hybridized carbons (Fsp3) is 0.556. The monoisotopic (exact) mass is 358 g/mol. The van der Waals surface area contributed by atoms with E-state index in [4.69, 9.17) is 10.3 Å². The maximum atomic E-state index is 11.9. The Morgan fingerprint density at radius 2 is 2.08 bits per heavy atom. The average Bonchev–Trinajstić information content (AvgIpc) is 3.15. The van der Waals surface area contributed by atoms with Crippen molar-refractivity contribution in [1.29, 1.82) is 0 Å². The molecule has 1 aliphatic rings. The van der Waals surface area contributed by atoms with Crippen molar-refractivity contribution in [3.63, 3.8) is 0 Å². The van der Waals surface area contributed by atoms with E-state index in [0.717, 1.165) is 24.5 Å². The highest BCUT2D eigenvalue weighted by molar-refractivity contribution is 5.81. The number of nitrogens with zero attached hydrogens (tertiary/aromatic N) is 4. The standard InChI is InChI=1S/C18H26N6O2/c1-12(2)16(19)18(25)21-11-15-22-17(23-26-15)13-6-7-14(20-10-13)24-8-4-3-5-9-24/h6-7,10,12,16H,3-5,8-9,11,19H2,1-2H3,(H,21,25)/t16-/m0/s1. The lowest BCUT2D eigenvalue weighted by atomic mass is 10.1. The Labute approximate surface area is 153 Å². The molecule has 3 heterocycles. The number of nitrogens with two attached hydrogens (primary N) is 1. The number of pyridine rings is 1. The highest BCUT2D eigenvalue weighted by atomic mass is 16.5. The number of hydrogen-bond acceptors (Lipinski definition) is 7. The summed E-state index contributed by atoms with van der Waals surface area (Å²) in [5.74, 6) is 1.61. The summed E-state index contributed by atoms with van der Waals surface area (Å²) < 4.78 is 5.20. The minimum atomic E-state index is -0.552. The number of hydrogen-bond donors (Lipinski definition) is 2. The molecule has 1 aliphatic heterocycles. The summed E-state index contributed by atoms with van der Waals surface area (Å²) in [4.78, 5) is 23.0. The van der Waals surface area contributed by atoms with Gasteiger partial charge in [-0.05, 0) is 37.3 Å². The molecule has 8 nitrogen and oxygen atoms in total. The number of amides is 1. The van der Waals surface area contributed by atoms with Crippen molar-refractivity contribution in [2.75, 3.05) is 18.0 Å². The van der Waals surface area contributed by atoms with E-state index in [0.29, 0.717) is 11.7 Å². The highest BCUT2D eigenvalue weighted by Crippen LogP contribution is 2.21. The largest absolute Gasteiger partial charge is 0.357 e. The van der Waals surface area contributed by atoms with E-state index in [1.54, 1.807) is 6.20 Å². The second kappa shape index (κ2) is 8.27. The number of carbonyl (C=O) groups excluding carboxylic acids is 1. The SMILES string of the molecule is CC(C)[C@H](N)C(=O)NCc1nc(-c2ccc(N3CCCCC3)nc2)no1. The third-order valence-corrected chi connectivity index (χ3v) is 4.59. The van der Waals surface area contributed by atoms with Crippen molar-refractivity contribution < 1.29 is 9.32 Å². The molecule has 2 aromatic rings. The predicted molar refractivity (Wildman–Crippen MR) is 98.3 cm³/mol. The van der Waals surface area contributed by atoms with Crippen LogP contribution in [0.15, 0.2) is 22.9 Å². The van der Waals surface area contributed by atoms with Crippen molar-refractivity contribution in [3.8, 4) is 11.4 Å². The molecule has 1 fully saturated rings. The summed E-state index contributed by atoms with van der Waals surface area (Å²) in [6, 6.07) is 3.38. The van der Waals surface area contributed by atoms with Gasteiger partial charge in [-0.2, -0.15) is 4.98 Å². The molecule has 3 rings (SSSR count). The third-order valence-electron chi connectivity index (χ3n) is 4.59. The van der Waals surface area contributed by atoms with Crippen molar-refractivity contribution in [2.24, 2.45) is 11.7 Å². The number of piperidine rings is 1. The quantitative estimate of drug-likeness (QED) is 0.809. The molecule has 0 saturated carbocycles. The molecule has 2 aromatic heterocycles. The van der Waals surface area contributed by atoms with Crippen molar-refractivity contribution >= 4 is 11.7 Å². The smallest absolute Gasteiger partial charge is 0.246 e. The van der Waals surface area contributed by atoms with Crippen molar-refractivity contribution in [3.05, 3.63) is 24.2 Å². The van der Waals surface area contributed by atoms with Gasteiger partial charge in [-0.15, -0.1) is 0 Å². The number of carbonyl (C=O) groups is 1. The van der Waals surface area contributed by atoms with Crippen LogP contribution in [0.2, 0.25) is 0 Å². The van der Waals surface area contributed by atoms with E-state index in [1.165, 1.54) is 19.3 Å². The Morgan fingerprint density at radius 1 is 1.31 bits per heavy atom. The summed E-state index contributed by atoms with van der Waals surface area (Å²) in [5.41, 5.74) is 6.59. The predicted octanol–water partition coefficient (Wildman–Crippen LogP) is 1.72. The third kappa shape index (κ3) is 4.37. The van der Waals surface area contributed by atoms with E-state index in [-0.39, 0.29) is 18.4 Å². The van der Waals surface area contributed by atoms with E-state index >= 15 is 0 Å². The molecular formula is C18H26N6O2. The van der Waals surface area contributed by atoms with Gasteiger partial charge in [-0.1, -0.05) is 19.0 Å². The van der Waals surface area contributed by atoms with Gasteiger partial charge in [0.1, 0.15) is 5.82 Å². The van der Waals surface area contributed by atoms with E-state index in [2.05, 4.69) is 25.3 Å². The zero-order valence-electron chi connectivity index (χ0n) is 15.3. The molecule has 140 valence electrons. The van der Waals surface area contributed by atoms with E-state index in [9.17, 15) is 4.79 Å². The molecule has 1 amide bonds. The van der Waals surface area contributed by atoms with Gasteiger partial charge >= 0.3 is 0 Å². The first kappa shape index (κ1) is 18.3. The van der Waals surface area contributed by atoms with Gasteiger partial charge in [0.05, 0.1) is 12.6 Å². The molecule has 0 aromatic carbocycles. The first-order valence-electron chi connectivity index (χ1n) is 9.12. The van der Waals surface area contributed by atoms with E-state index < -0.39 is 6.04 Å². The summed E-state index contributed by atoms with van der Waals surface area (Å²) >= 11 is 0. The van der Waals surface area contributed by atoms with E-state index in [1.807, 2.05) is 26.0 Å². The van der Waals surface area contributed by atoms with Gasteiger partial charge in [0.25, 0.3) is 0 Å². The summed E-state index contributed by atoms with van der Waals surface area (Å²) in [5, 5.41) is 6.68. The molecule has 1 atom stereocenters. The fourth-order valence-electron chi connectivity index (χ4n) is 2.86. The summed E-state index contributed by atoms with van der Waals surface area (Å²) in [7, 11) is 0. The van der Waals surface area contributed by atoms with Crippen LogP contribution in [0.5, 0.6) is 0 Å². The number of aromatic nitrogens is 3. The van der Waals surface area contributed by atoms with Gasteiger partial charge < -0.3 is 20.5 Å². The average molecular weight is 358 g/mol. The summed E-state index contributed by atoms with van der Waals surface area (Å²) in [6.07, 6.45) is 5.47. The molecule has 3 N–H and O–H groups in total. The van der Waals surface area contributed by atoms with Crippen LogP contribution in [0.4, 0.5) is 5.82 Å². The Kier molecular flexibility index (Phi) is 5.82. The van der Waals surface area contributed by atoms with Gasteiger partial charge in [0.15, 0.2) is 0 Å². The first-order valence-corrected chi connectivity index (χ1v) is 9.12. The van der Waals surface area contributed by atoms with Crippen molar-refractivity contribution in [2.45, 2.75) is 45.7 Å². The zero-order valence-corrected chi connectivity index (χ0v) is 15.3. The molecule has 1 saturated heterocycles. The molecule has 0 aliphatic carbocycles. The Bertz CT molecular complexity index is 722.